The van der Waals surface area contributed by atoms with Crippen LogP contribution in [-0.4, -0.2) is 36.9 Å². The molecule has 3 heteroatoms. The van der Waals surface area contributed by atoms with Gasteiger partial charge in [0.25, 0.3) is 0 Å². The SMILES string of the molecule is CCOc1ccc(C(=O)CN(C)C(C)CC)cc1. The van der Waals surface area contributed by atoms with Crippen LogP contribution < -0.4 is 4.74 Å². The Labute approximate surface area is 110 Å². The first-order chi connectivity index (χ1) is 8.58. The van der Waals surface area contributed by atoms with Crippen molar-refractivity contribution in [3.63, 3.8) is 0 Å². The lowest BCUT2D eigenvalue weighted by Crippen LogP contribution is -2.33. The quantitative estimate of drug-likeness (QED) is 0.696. The van der Waals surface area contributed by atoms with E-state index in [2.05, 4.69) is 18.7 Å². The Bertz CT molecular complexity index is 373. The molecule has 1 aromatic rings. The van der Waals surface area contributed by atoms with Gasteiger partial charge in [-0.3, -0.25) is 9.69 Å². The number of hydrogen-bond donors (Lipinski definition) is 0. The topological polar surface area (TPSA) is 29.5 Å². The smallest absolute Gasteiger partial charge is 0.176 e. The van der Waals surface area contributed by atoms with E-state index in [1.54, 1.807) is 0 Å². The molecule has 0 aromatic heterocycles. The number of rotatable bonds is 7. The van der Waals surface area contributed by atoms with Gasteiger partial charge < -0.3 is 4.74 Å². The molecule has 0 aliphatic rings. The van der Waals surface area contributed by atoms with Crippen LogP contribution in [0, 0.1) is 0 Å². The summed E-state index contributed by atoms with van der Waals surface area (Å²) in [6.07, 6.45) is 1.05. The zero-order valence-electron chi connectivity index (χ0n) is 11.8. The zero-order chi connectivity index (χ0) is 13.5. The summed E-state index contributed by atoms with van der Waals surface area (Å²) in [4.78, 5) is 14.1. The molecular weight excluding hydrogens is 226 g/mol. The Hall–Kier alpha value is -1.35. The van der Waals surface area contributed by atoms with Crippen molar-refractivity contribution >= 4 is 5.78 Å². The van der Waals surface area contributed by atoms with Crippen molar-refractivity contribution in [1.82, 2.24) is 4.90 Å². The number of benzene rings is 1. The maximum Gasteiger partial charge on any atom is 0.176 e. The molecule has 3 nitrogen and oxygen atoms in total. The van der Waals surface area contributed by atoms with E-state index < -0.39 is 0 Å². The van der Waals surface area contributed by atoms with Crippen LogP contribution in [0.25, 0.3) is 0 Å². The van der Waals surface area contributed by atoms with E-state index in [0.29, 0.717) is 19.2 Å². The van der Waals surface area contributed by atoms with Gasteiger partial charge >= 0.3 is 0 Å². The predicted octanol–water partition coefficient (Wildman–Crippen LogP) is 3.00. The van der Waals surface area contributed by atoms with E-state index in [1.807, 2.05) is 38.2 Å². The van der Waals surface area contributed by atoms with Gasteiger partial charge in [-0.1, -0.05) is 6.92 Å². The minimum atomic E-state index is 0.154. The van der Waals surface area contributed by atoms with E-state index >= 15 is 0 Å². The molecule has 0 bridgehead atoms. The number of ketones is 1. The van der Waals surface area contributed by atoms with Crippen LogP contribution in [0.2, 0.25) is 0 Å². The van der Waals surface area contributed by atoms with E-state index in [-0.39, 0.29) is 5.78 Å². The van der Waals surface area contributed by atoms with Gasteiger partial charge in [0.2, 0.25) is 0 Å². The molecule has 0 N–H and O–H groups in total. The van der Waals surface area contributed by atoms with Crippen molar-refractivity contribution in [3.05, 3.63) is 29.8 Å². The molecule has 100 valence electrons. The van der Waals surface area contributed by atoms with Gasteiger partial charge in [0.05, 0.1) is 13.2 Å². The maximum atomic E-state index is 12.1. The second-order valence-electron chi connectivity index (χ2n) is 4.55. The molecule has 1 aromatic carbocycles. The Kier molecular flexibility index (Phi) is 5.86. The Morgan fingerprint density at radius 1 is 1.28 bits per heavy atom. The molecule has 0 spiro atoms. The normalized spacial score (nSPS) is 12.5. The van der Waals surface area contributed by atoms with Crippen molar-refractivity contribution < 1.29 is 9.53 Å². The van der Waals surface area contributed by atoms with Gasteiger partial charge in [0, 0.05) is 11.6 Å². The molecule has 0 radical (unpaired) electrons. The zero-order valence-corrected chi connectivity index (χ0v) is 11.8. The fourth-order valence-electron chi connectivity index (χ4n) is 1.69. The molecule has 1 unspecified atom stereocenters. The monoisotopic (exact) mass is 249 g/mol. The third-order valence-electron chi connectivity index (χ3n) is 3.22. The number of likely N-dealkylation sites (N-methyl/N-ethyl adjacent to an activating group) is 1. The Morgan fingerprint density at radius 3 is 2.39 bits per heavy atom. The summed E-state index contributed by atoms with van der Waals surface area (Å²) < 4.78 is 5.36. The second-order valence-corrected chi connectivity index (χ2v) is 4.55. The molecule has 1 atom stereocenters. The lowest BCUT2D eigenvalue weighted by molar-refractivity contribution is 0.0923. The van der Waals surface area contributed by atoms with E-state index in [0.717, 1.165) is 17.7 Å². The minimum Gasteiger partial charge on any atom is -0.494 e. The minimum absolute atomic E-state index is 0.154. The summed E-state index contributed by atoms with van der Waals surface area (Å²) in [6.45, 7) is 7.31. The molecule has 1 rings (SSSR count). The van der Waals surface area contributed by atoms with Crippen LogP contribution in [0.1, 0.15) is 37.6 Å². The number of hydrogen-bond acceptors (Lipinski definition) is 3. The number of Topliss-reactive ketones (excluding diaryl/α,β-unsaturated/α-hetero) is 1. The Balaban J connectivity index is 2.61. The van der Waals surface area contributed by atoms with Crippen molar-refractivity contribution in [2.24, 2.45) is 0 Å². The maximum absolute atomic E-state index is 12.1. The summed E-state index contributed by atoms with van der Waals surface area (Å²) in [5.41, 5.74) is 0.744. The van der Waals surface area contributed by atoms with Crippen molar-refractivity contribution in [3.8, 4) is 5.75 Å². The highest BCUT2D eigenvalue weighted by molar-refractivity contribution is 5.97. The number of ether oxygens (including phenoxy) is 1. The van der Waals surface area contributed by atoms with Gasteiger partial charge in [0.1, 0.15) is 5.75 Å². The third-order valence-corrected chi connectivity index (χ3v) is 3.22. The van der Waals surface area contributed by atoms with Gasteiger partial charge in [-0.25, -0.2) is 0 Å². The fraction of sp³-hybridized carbons (Fsp3) is 0.533. The summed E-state index contributed by atoms with van der Waals surface area (Å²) in [5, 5.41) is 0. The van der Waals surface area contributed by atoms with Crippen LogP contribution in [-0.2, 0) is 0 Å². The van der Waals surface area contributed by atoms with Gasteiger partial charge in [-0.05, 0) is 51.6 Å². The highest BCUT2D eigenvalue weighted by Crippen LogP contribution is 2.13. The number of carbonyl (C=O) groups excluding carboxylic acids is 1. The standard InChI is InChI=1S/C15H23NO2/c1-5-12(3)16(4)11-15(17)13-7-9-14(10-8-13)18-6-2/h7-10,12H,5-6,11H2,1-4H3. The average Bonchev–Trinajstić information content (AvgIpc) is 2.38. The summed E-state index contributed by atoms with van der Waals surface area (Å²) in [6, 6.07) is 7.78. The molecule has 0 saturated carbocycles. The lowest BCUT2D eigenvalue weighted by Gasteiger charge is -2.22. The van der Waals surface area contributed by atoms with Gasteiger partial charge in [0.15, 0.2) is 5.78 Å². The fourth-order valence-corrected chi connectivity index (χ4v) is 1.69. The molecule has 0 saturated heterocycles. The van der Waals surface area contributed by atoms with Crippen LogP contribution in [0.4, 0.5) is 0 Å². The van der Waals surface area contributed by atoms with E-state index in [4.69, 9.17) is 4.74 Å². The van der Waals surface area contributed by atoms with Crippen molar-refractivity contribution in [2.45, 2.75) is 33.2 Å². The van der Waals surface area contributed by atoms with Gasteiger partial charge in [-0.2, -0.15) is 0 Å². The van der Waals surface area contributed by atoms with Crippen LogP contribution in [0.3, 0.4) is 0 Å². The average molecular weight is 249 g/mol. The van der Waals surface area contributed by atoms with Crippen LogP contribution >= 0.6 is 0 Å². The first-order valence-corrected chi connectivity index (χ1v) is 6.54. The predicted molar refractivity (Wildman–Crippen MR) is 74.3 cm³/mol. The Morgan fingerprint density at radius 2 is 1.89 bits per heavy atom. The highest BCUT2D eigenvalue weighted by Gasteiger charge is 2.13. The van der Waals surface area contributed by atoms with Gasteiger partial charge in [-0.15, -0.1) is 0 Å². The van der Waals surface area contributed by atoms with E-state index in [1.165, 1.54) is 0 Å². The molecule has 0 aliphatic heterocycles. The molecule has 0 fully saturated rings. The molecule has 18 heavy (non-hydrogen) atoms. The van der Waals surface area contributed by atoms with Crippen molar-refractivity contribution in [1.29, 1.82) is 0 Å². The summed E-state index contributed by atoms with van der Waals surface area (Å²) >= 11 is 0. The highest BCUT2D eigenvalue weighted by atomic mass is 16.5. The lowest BCUT2D eigenvalue weighted by atomic mass is 10.1. The largest absolute Gasteiger partial charge is 0.494 e. The molecule has 0 heterocycles. The van der Waals surface area contributed by atoms with Crippen LogP contribution in [0.15, 0.2) is 24.3 Å². The number of nitrogens with zero attached hydrogens (tertiary/aromatic N) is 1. The number of carbonyl (C=O) groups is 1. The molecular formula is C15H23NO2. The second kappa shape index (κ2) is 7.17. The van der Waals surface area contributed by atoms with Crippen molar-refractivity contribution in [2.75, 3.05) is 20.2 Å². The third kappa shape index (κ3) is 4.15. The molecule has 0 aliphatic carbocycles. The first-order valence-electron chi connectivity index (χ1n) is 6.54. The molecule has 0 amide bonds. The summed E-state index contributed by atoms with van der Waals surface area (Å²) in [7, 11) is 1.99. The first kappa shape index (κ1) is 14.7. The summed E-state index contributed by atoms with van der Waals surface area (Å²) in [5.74, 6) is 0.963. The van der Waals surface area contributed by atoms with E-state index in [9.17, 15) is 4.79 Å². The van der Waals surface area contributed by atoms with Crippen LogP contribution in [0.5, 0.6) is 5.75 Å².